The van der Waals surface area contributed by atoms with E-state index in [4.69, 9.17) is 0 Å². The molecule has 2 N–H and O–H groups in total. The summed E-state index contributed by atoms with van der Waals surface area (Å²) >= 11 is 0. The first kappa shape index (κ1) is 18.0. The lowest BCUT2D eigenvalue weighted by Gasteiger charge is -2.41. The summed E-state index contributed by atoms with van der Waals surface area (Å²) in [7, 11) is 2.12. The SMILES string of the molecule is CN1CC2(CCN(CC3Cc4cccc(O)c4CN3)CC2)c2cc(F)ccc21. The van der Waals surface area contributed by atoms with Crippen molar-refractivity contribution in [2.24, 2.45) is 0 Å². The number of aromatic hydroxyl groups is 1. The Labute approximate surface area is 166 Å². The van der Waals surface area contributed by atoms with Crippen molar-refractivity contribution in [2.75, 3.05) is 38.1 Å². The fourth-order valence-corrected chi connectivity index (χ4v) is 5.52. The Balaban J connectivity index is 1.25. The third-order valence-corrected chi connectivity index (χ3v) is 7.05. The van der Waals surface area contributed by atoms with Crippen LogP contribution in [0, 0.1) is 5.82 Å². The second kappa shape index (κ2) is 6.75. The molecule has 0 amide bonds. The molecule has 2 aromatic carbocycles. The number of phenolic OH excluding ortho intramolecular Hbond substituents is 1. The van der Waals surface area contributed by atoms with Crippen molar-refractivity contribution in [1.82, 2.24) is 10.2 Å². The van der Waals surface area contributed by atoms with Crippen molar-refractivity contribution < 1.29 is 9.50 Å². The molecule has 0 bridgehead atoms. The summed E-state index contributed by atoms with van der Waals surface area (Å²) in [6.07, 6.45) is 3.12. The van der Waals surface area contributed by atoms with E-state index >= 15 is 0 Å². The van der Waals surface area contributed by atoms with Crippen LogP contribution in [0.15, 0.2) is 36.4 Å². The molecule has 1 fully saturated rings. The molecule has 5 rings (SSSR count). The van der Waals surface area contributed by atoms with E-state index < -0.39 is 0 Å². The number of rotatable bonds is 2. The highest BCUT2D eigenvalue weighted by atomic mass is 19.1. The average molecular weight is 381 g/mol. The predicted octanol–water partition coefficient (Wildman–Crippen LogP) is 3.03. The molecule has 2 aromatic rings. The quantitative estimate of drug-likeness (QED) is 0.839. The van der Waals surface area contributed by atoms with Crippen LogP contribution < -0.4 is 10.2 Å². The summed E-state index contributed by atoms with van der Waals surface area (Å²) < 4.78 is 13.9. The van der Waals surface area contributed by atoms with Crippen LogP contribution in [0.2, 0.25) is 0 Å². The van der Waals surface area contributed by atoms with Gasteiger partial charge in [-0.2, -0.15) is 0 Å². The molecule has 4 nitrogen and oxygen atoms in total. The van der Waals surface area contributed by atoms with E-state index in [0.29, 0.717) is 11.8 Å². The predicted molar refractivity (Wildman–Crippen MR) is 109 cm³/mol. The zero-order valence-electron chi connectivity index (χ0n) is 16.4. The van der Waals surface area contributed by atoms with Crippen molar-refractivity contribution >= 4 is 5.69 Å². The van der Waals surface area contributed by atoms with Gasteiger partial charge in [0.2, 0.25) is 0 Å². The second-order valence-electron chi connectivity index (χ2n) is 8.80. The molecular formula is C23H28FN3O. The number of benzene rings is 2. The lowest BCUT2D eigenvalue weighted by atomic mass is 9.74. The highest BCUT2D eigenvalue weighted by Gasteiger charge is 2.44. The molecule has 1 saturated heterocycles. The summed E-state index contributed by atoms with van der Waals surface area (Å²) in [4.78, 5) is 4.84. The first-order valence-electron chi connectivity index (χ1n) is 10.3. The van der Waals surface area contributed by atoms with Crippen LogP contribution in [-0.2, 0) is 18.4 Å². The number of piperidine rings is 1. The van der Waals surface area contributed by atoms with Crippen molar-refractivity contribution in [3.63, 3.8) is 0 Å². The maximum atomic E-state index is 13.9. The van der Waals surface area contributed by atoms with Gasteiger partial charge in [0, 0.05) is 49.4 Å². The third kappa shape index (κ3) is 2.97. The van der Waals surface area contributed by atoms with Gasteiger partial charge >= 0.3 is 0 Å². The average Bonchev–Trinajstić information content (AvgIpc) is 2.95. The number of fused-ring (bicyclic) bond motifs is 3. The number of hydrogen-bond acceptors (Lipinski definition) is 4. The Morgan fingerprint density at radius 1 is 1.21 bits per heavy atom. The molecule has 0 radical (unpaired) electrons. The highest BCUT2D eigenvalue weighted by molar-refractivity contribution is 5.62. The van der Waals surface area contributed by atoms with Crippen LogP contribution in [0.4, 0.5) is 10.1 Å². The smallest absolute Gasteiger partial charge is 0.123 e. The summed E-state index contributed by atoms with van der Waals surface area (Å²) in [6, 6.07) is 11.5. The Morgan fingerprint density at radius 2 is 2.04 bits per heavy atom. The van der Waals surface area contributed by atoms with E-state index in [0.717, 1.165) is 57.5 Å². The number of phenols is 1. The summed E-state index contributed by atoms with van der Waals surface area (Å²) in [5.41, 5.74) is 4.80. The molecule has 3 heterocycles. The molecule has 1 atom stereocenters. The summed E-state index contributed by atoms with van der Waals surface area (Å²) in [5.74, 6) is 0.281. The van der Waals surface area contributed by atoms with E-state index in [9.17, 15) is 9.50 Å². The Morgan fingerprint density at radius 3 is 2.86 bits per heavy atom. The fourth-order valence-electron chi connectivity index (χ4n) is 5.52. The number of hydrogen-bond donors (Lipinski definition) is 2. The lowest BCUT2D eigenvalue weighted by Crippen LogP contribution is -2.50. The molecule has 3 aliphatic rings. The number of nitrogens with zero attached hydrogens (tertiary/aromatic N) is 2. The first-order chi connectivity index (χ1) is 13.5. The zero-order chi connectivity index (χ0) is 19.3. The molecule has 5 heteroatoms. The molecule has 28 heavy (non-hydrogen) atoms. The largest absolute Gasteiger partial charge is 0.508 e. The minimum atomic E-state index is -0.121. The summed E-state index contributed by atoms with van der Waals surface area (Å²) in [6.45, 7) is 4.86. The normalized spacial score (nSPS) is 23.6. The van der Waals surface area contributed by atoms with Gasteiger partial charge in [0.15, 0.2) is 0 Å². The number of nitrogens with one attached hydrogen (secondary N) is 1. The van der Waals surface area contributed by atoms with Crippen molar-refractivity contribution in [2.45, 2.75) is 37.3 Å². The van der Waals surface area contributed by atoms with Crippen LogP contribution in [-0.4, -0.2) is 49.3 Å². The Bertz CT molecular complexity index is 891. The van der Waals surface area contributed by atoms with Gasteiger partial charge in [-0.25, -0.2) is 4.39 Å². The van der Waals surface area contributed by atoms with Crippen LogP contribution in [0.25, 0.3) is 0 Å². The van der Waals surface area contributed by atoms with Gasteiger partial charge in [-0.15, -0.1) is 0 Å². The fraction of sp³-hybridized carbons (Fsp3) is 0.478. The van der Waals surface area contributed by atoms with Crippen molar-refractivity contribution in [3.8, 4) is 5.75 Å². The number of halogens is 1. The minimum Gasteiger partial charge on any atom is -0.508 e. The highest BCUT2D eigenvalue weighted by Crippen LogP contribution is 2.46. The van der Waals surface area contributed by atoms with Gasteiger partial charge in [-0.05, 0) is 67.7 Å². The van der Waals surface area contributed by atoms with Gasteiger partial charge in [0.25, 0.3) is 0 Å². The molecule has 0 aliphatic carbocycles. The van der Waals surface area contributed by atoms with Crippen LogP contribution in [0.1, 0.15) is 29.5 Å². The maximum absolute atomic E-state index is 13.9. The van der Waals surface area contributed by atoms with Crippen molar-refractivity contribution in [1.29, 1.82) is 0 Å². The molecular weight excluding hydrogens is 353 g/mol. The van der Waals surface area contributed by atoms with E-state index in [1.807, 2.05) is 12.1 Å². The van der Waals surface area contributed by atoms with E-state index in [-0.39, 0.29) is 11.2 Å². The molecule has 0 saturated carbocycles. The van der Waals surface area contributed by atoms with Gasteiger partial charge in [-0.1, -0.05) is 12.1 Å². The standard InChI is InChI=1S/C23H28FN3O/c1-26-15-23(20-12-17(24)5-6-21(20)26)7-9-27(10-8-23)14-18-11-16-3-2-4-22(28)19(16)13-25-18/h2-6,12,18,25,28H,7-11,13-15H2,1H3. The van der Waals surface area contributed by atoms with Gasteiger partial charge in [0.1, 0.15) is 11.6 Å². The lowest BCUT2D eigenvalue weighted by molar-refractivity contribution is 0.150. The topological polar surface area (TPSA) is 38.7 Å². The molecule has 1 unspecified atom stereocenters. The molecule has 148 valence electrons. The van der Waals surface area contributed by atoms with Crippen LogP contribution >= 0.6 is 0 Å². The summed E-state index contributed by atoms with van der Waals surface area (Å²) in [5, 5.41) is 13.6. The Hall–Kier alpha value is -2.11. The zero-order valence-corrected chi connectivity index (χ0v) is 16.4. The van der Waals surface area contributed by atoms with Gasteiger partial charge < -0.3 is 20.2 Å². The van der Waals surface area contributed by atoms with Crippen LogP contribution in [0.3, 0.4) is 0 Å². The van der Waals surface area contributed by atoms with Crippen molar-refractivity contribution in [3.05, 3.63) is 58.9 Å². The van der Waals surface area contributed by atoms with Gasteiger partial charge in [-0.3, -0.25) is 0 Å². The number of anilines is 1. The number of likely N-dealkylation sites (tertiary alicyclic amines) is 1. The molecule has 0 aromatic heterocycles. The van der Waals surface area contributed by atoms with Crippen LogP contribution in [0.5, 0.6) is 5.75 Å². The monoisotopic (exact) mass is 381 g/mol. The first-order valence-corrected chi connectivity index (χ1v) is 10.3. The third-order valence-electron chi connectivity index (χ3n) is 7.05. The second-order valence-corrected chi connectivity index (χ2v) is 8.80. The minimum absolute atomic E-state index is 0.0983. The Kier molecular flexibility index (Phi) is 4.33. The maximum Gasteiger partial charge on any atom is 0.123 e. The van der Waals surface area contributed by atoms with E-state index in [1.165, 1.54) is 16.8 Å². The number of likely N-dealkylation sites (N-methyl/N-ethyl adjacent to an activating group) is 1. The van der Waals surface area contributed by atoms with E-state index in [1.54, 1.807) is 18.2 Å². The molecule has 3 aliphatic heterocycles. The van der Waals surface area contributed by atoms with Gasteiger partial charge in [0.05, 0.1) is 0 Å². The van der Waals surface area contributed by atoms with E-state index in [2.05, 4.69) is 28.2 Å². The molecule has 1 spiro atoms.